The van der Waals surface area contributed by atoms with Gasteiger partial charge in [-0.15, -0.1) is 0 Å². The highest BCUT2D eigenvalue weighted by Crippen LogP contribution is 2.27. The van der Waals surface area contributed by atoms with E-state index in [2.05, 4.69) is 15.5 Å². The predicted octanol–water partition coefficient (Wildman–Crippen LogP) is 3.54. The molecule has 0 radical (unpaired) electrons. The number of aromatic nitrogens is 4. The standard InChI is InChI=1S/C24H22N6O3/c1-32-22-16-18(30-23(33-2)11-14-26-30)8-9-20(22)29-15-12-21(31)24(28-29)19(10-13-25)27-17-6-4-3-5-7-17/h3-16,25,27H,1-2H3/b19-10-,25-13?. The third kappa shape index (κ3) is 4.52. The molecule has 2 heterocycles. The Labute approximate surface area is 190 Å². The Morgan fingerprint density at radius 3 is 2.61 bits per heavy atom. The number of anilines is 1. The van der Waals surface area contributed by atoms with Crippen molar-refractivity contribution in [2.75, 3.05) is 19.5 Å². The second-order valence-electron chi connectivity index (χ2n) is 6.85. The number of methoxy groups -OCH3 is 2. The number of ether oxygens (including phenoxy) is 2. The van der Waals surface area contributed by atoms with Crippen LogP contribution in [0.4, 0.5) is 5.69 Å². The molecule has 0 bridgehead atoms. The molecule has 9 heteroatoms. The molecule has 4 rings (SSSR count). The van der Waals surface area contributed by atoms with Gasteiger partial charge in [0.15, 0.2) is 5.69 Å². The molecule has 166 valence electrons. The van der Waals surface area contributed by atoms with Crippen LogP contribution in [-0.2, 0) is 0 Å². The molecule has 33 heavy (non-hydrogen) atoms. The minimum absolute atomic E-state index is 0.171. The third-order valence-corrected chi connectivity index (χ3v) is 4.84. The molecule has 0 aliphatic heterocycles. The van der Waals surface area contributed by atoms with Crippen LogP contribution in [0.15, 0.2) is 83.9 Å². The van der Waals surface area contributed by atoms with E-state index < -0.39 is 0 Å². The van der Waals surface area contributed by atoms with E-state index in [0.717, 1.165) is 17.6 Å². The molecule has 0 aliphatic carbocycles. The van der Waals surface area contributed by atoms with Gasteiger partial charge in [-0.3, -0.25) is 4.79 Å². The summed E-state index contributed by atoms with van der Waals surface area (Å²) in [5.74, 6) is 1.11. The molecule has 0 atom stereocenters. The molecule has 2 aromatic heterocycles. The Morgan fingerprint density at radius 2 is 1.88 bits per heavy atom. The van der Waals surface area contributed by atoms with Gasteiger partial charge in [0.05, 0.1) is 31.8 Å². The topological polar surface area (TPSA) is 107 Å². The third-order valence-electron chi connectivity index (χ3n) is 4.84. The van der Waals surface area contributed by atoms with Crippen LogP contribution in [0.3, 0.4) is 0 Å². The summed E-state index contributed by atoms with van der Waals surface area (Å²) in [6.07, 6.45) is 5.82. The molecule has 0 fully saturated rings. The number of nitrogens with zero attached hydrogens (tertiary/aromatic N) is 4. The van der Waals surface area contributed by atoms with Crippen molar-refractivity contribution in [1.29, 1.82) is 5.41 Å². The van der Waals surface area contributed by atoms with E-state index in [0.29, 0.717) is 23.0 Å². The summed E-state index contributed by atoms with van der Waals surface area (Å²) in [7, 11) is 3.14. The van der Waals surface area contributed by atoms with E-state index >= 15 is 0 Å². The molecule has 2 aromatic carbocycles. The van der Waals surface area contributed by atoms with E-state index in [1.54, 1.807) is 48.1 Å². The number of para-hydroxylation sites is 1. The van der Waals surface area contributed by atoms with Crippen LogP contribution in [-0.4, -0.2) is 40.0 Å². The van der Waals surface area contributed by atoms with Gasteiger partial charge in [-0.25, -0.2) is 9.36 Å². The zero-order valence-corrected chi connectivity index (χ0v) is 18.1. The number of benzene rings is 2. The van der Waals surface area contributed by atoms with Gasteiger partial charge < -0.3 is 20.2 Å². The van der Waals surface area contributed by atoms with Crippen molar-refractivity contribution in [3.8, 4) is 23.0 Å². The fourth-order valence-corrected chi connectivity index (χ4v) is 3.30. The van der Waals surface area contributed by atoms with Crippen molar-refractivity contribution in [3.05, 3.63) is 95.1 Å². The van der Waals surface area contributed by atoms with E-state index in [1.165, 1.54) is 12.1 Å². The highest BCUT2D eigenvalue weighted by molar-refractivity contribution is 5.86. The Balaban J connectivity index is 1.76. The number of allylic oxidation sites excluding steroid dienone is 1. The molecule has 0 spiro atoms. The first-order valence-electron chi connectivity index (χ1n) is 10.0. The molecular weight excluding hydrogens is 420 g/mol. The van der Waals surface area contributed by atoms with Crippen molar-refractivity contribution in [2.45, 2.75) is 0 Å². The van der Waals surface area contributed by atoms with Crippen molar-refractivity contribution < 1.29 is 9.47 Å². The second-order valence-corrected chi connectivity index (χ2v) is 6.85. The van der Waals surface area contributed by atoms with Gasteiger partial charge in [-0.05, 0) is 30.3 Å². The van der Waals surface area contributed by atoms with Gasteiger partial charge in [-0.2, -0.15) is 10.2 Å². The van der Waals surface area contributed by atoms with Gasteiger partial charge >= 0.3 is 0 Å². The largest absolute Gasteiger partial charge is 0.494 e. The summed E-state index contributed by atoms with van der Waals surface area (Å²) in [6.45, 7) is 0. The van der Waals surface area contributed by atoms with E-state index in [9.17, 15) is 4.79 Å². The first-order chi connectivity index (χ1) is 16.1. The maximum atomic E-state index is 12.7. The zero-order valence-electron chi connectivity index (χ0n) is 18.1. The summed E-state index contributed by atoms with van der Waals surface area (Å²) in [6, 6.07) is 18.0. The monoisotopic (exact) mass is 442 g/mol. The normalized spacial score (nSPS) is 11.2. The Morgan fingerprint density at radius 1 is 1.06 bits per heavy atom. The number of nitrogens with one attached hydrogen (secondary N) is 2. The lowest BCUT2D eigenvalue weighted by Crippen LogP contribution is -2.18. The van der Waals surface area contributed by atoms with Crippen LogP contribution in [0.1, 0.15) is 5.69 Å². The van der Waals surface area contributed by atoms with Crippen LogP contribution in [0.2, 0.25) is 0 Å². The lowest BCUT2D eigenvalue weighted by molar-refractivity contribution is 0.382. The molecule has 0 saturated carbocycles. The fraction of sp³-hybridized carbons (Fsp3) is 0.0833. The summed E-state index contributed by atoms with van der Waals surface area (Å²) < 4.78 is 14.1. The highest BCUT2D eigenvalue weighted by Gasteiger charge is 2.14. The second kappa shape index (κ2) is 9.65. The van der Waals surface area contributed by atoms with Crippen molar-refractivity contribution in [1.82, 2.24) is 19.6 Å². The Bertz CT molecular complexity index is 1360. The van der Waals surface area contributed by atoms with Gasteiger partial charge in [0.25, 0.3) is 0 Å². The Kier molecular flexibility index (Phi) is 6.31. The number of hydrogen-bond acceptors (Lipinski definition) is 7. The van der Waals surface area contributed by atoms with Gasteiger partial charge in [0, 0.05) is 36.3 Å². The molecule has 0 aliphatic rings. The van der Waals surface area contributed by atoms with Crippen LogP contribution in [0.25, 0.3) is 17.1 Å². The predicted molar refractivity (Wildman–Crippen MR) is 127 cm³/mol. The average Bonchev–Trinajstić information content (AvgIpc) is 3.33. The summed E-state index contributed by atoms with van der Waals surface area (Å²) in [4.78, 5) is 12.7. The first kappa shape index (κ1) is 21.6. The van der Waals surface area contributed by atoms with E-state index in [1.807, 2.05) is 42.5 Å². The number of hydrogen-bond donors (Lipinski definition) is 2. The van der Waals surface area contributed by atoms with Crippen LogP contribution in [0, 0.1) is 5.41 Å². The maximum Gasteiger partial charge on any atom is 0.216 e. The lowest BCUT2D eigenvalue weighted by atomic mass is 10.2. The quantitative estimate of drug-likeness (QED) is 0.404. The zero-order chi connectivity index (χ0) is 23.2. The highest BCUT2D eigenvalue weighted by atomic mass is 16.5. The van der Waals surface area contributed by atoms with Crippen LogP contribution < -0.4 is 20.2 Å². The molecule has 0 amide bonds. The summed E-state index contributed by atoms with van der Waals surface area (Å²) in [5.41, 5.74) is 2.45. The molecule has 9 nitrogen and oxygen atoms in total. The van der Waals surface area contributed by atoms with Crippen LogP contribution >= 0.6 is 0 Å². The molecule has 4 aromatic rings. The van der Waals surface area contributed by atoms with Crippen molar-refractivity contribution in [2.24, 2.45) is 0 Å². The first-order valence-corrected chi connectivity index (χ1v) is 10.0. The fourth-order valence-electron chi connectivity index (χ4n) is 3.30. The Hall–Kier alpha value is -4.66. The molecular formula is C24H22N6O3. The minimum Gasteiger partial charge on any atom is -0.494 e. The van der Waals surface area contributed by atoms with E-state index in [-0.39, 0.29) is 11.1 Å². The summed E-state index contributed by atoms with van der Waals surface area (Å²) in [5, 5.41) is 19.5. The number of rotatable bonds is 8. The van der Waals surface area contributed by atoms with Crippen LogP contribution in [0.5, 0.6) is 11.6 Å². The molecule has 0 unspecified atom stereocenters. The summed E-state index contributed by atoms with van der Waals surface area (Å²) >= 11 is 0. The van der Waals surface area contributed by atoms with Gasteiger partial charge in [-0.1, -0.05) is 18.2 Å². The lowest BCUT2D eigenvalue weighted by Gasteiger charge is -2.15. The van der Waals surface area contributed by atoms with Gasteiger partial charge in [0.2, 0.25) is 11.3 Å². The smallest absolute Gasteiger partial charge is 0.216 e. The average molecular weight is 442 g/mol. The molecule has 2 N–H and O–H groups in total. The van der Waals surface area contributed by atoms with Crippen molar-refractivity contribution >= 4 is 17.6 Å². The van der Waals surface area contributed by atoms with E-state index in [4.69, 9.17) is 14.9 Å². The van der Waals surface area contributed by atoms with Gasteiger partial charge in [0.1, 0.15) is 11.4 Å². The maximum absolute atomic E-state index is 12.7. The SMILES string of the molecule is COc1cc(-n2nccc2OC)ccc1-n1ccc(=O)c(/C(=C/C=N)Nc2ccccc2)n1. The molecule has 0 saturated heterocycles. The van der Waals surface area contributed by atoms with Crippen molar-refractivity contribution in [3.63, 3.8) is 0 Å². The minimum atomic E-state index is -0.278.